The van der Waals surface area contributed by atoms with Crippen molar-refractivity contribution < 1.29 is 9.59 Å². The van der Waals surface area contributed by atoms with Crippen LogP contribution >= 0.6 is 0 Å². The van der Waals surface area contributed by atoms with Crippen molar-refractivity contribution in [3.05, 3.63) is 24.3 Å². The van der Waals surface area contributed by atoms with E-state index < -0.39 is 0 Å². The van der Waals surface area contributed by atoms with Gasteiger partial charge in [0, 0.05) is 43.5 Å². The van der Waals surface area contributed by atoms with Crippen LogP contribution in [0, 0.1) is 11.8 Å². The molecule has 3 aliphatic rings. The van der Waals surface area contributed by atoms with Gasteiger partial charge in [0.2, 0.25) is 11.8 Å². The normalized spacial score (nSPS) is 24.6. The number of carbonyl (C=O) groups is 2. The van der Waals surface area contributed by atoms with Crippen molar-refractivity contribution >= 4 is 23.2 Å². The van der Waals surface area contributed by atoms with E-state index in [4.69, 9.17) is 0 Å². The molecular weight excluding hydrogens is 338 g/mol. The first-order valence-corrected chi connectivity index (χ1v) is 10.6. The van der Waals surface area contributed by atoms with Crippen LogP contribution in [0.5, 0.6) is 0 Å². The van der Waals surface area contributed by atoms with Gasteiger partial charge in [-0.3, -0.25) is 9.59 Å². The maximum atomic E-state index is 12.5. The van der Waals surface area contributed by atoms with E-state index in [1.54, 1.807) is 4.90 Å². The third kappa shape index (κ3) is 4.12. The predicted octanol–water partition coefficient (Wildman–Crippen LogP) is 3.33. The molecule has 146 valence electrons. The maximum absolute atomic E-state index is 12.5. The van der Waals surface area contributed by atoms with Crippen LogP contribution < -0.4 is 15.1 Å². The molecule has 5 nitrogen and oxygen atoms in total. The average Bonchev–Trinajstić information content (AvgIpc) is 3.32. The summed E-state index contributed by atoms with van der Waals surface area (Å²) in [7, 11) is 0. The smallest absolute Gasteiger partial charge is 0.227 e. The average molecular weight is 370 g/mol. The molecule has 1 N–H and O–H groups in total. The lowest BCUT2D eigenvalue weighted by Crippen LogP contribution is -2.38. The summed E-state index contributed by atoms with van der Waals surface area (Å²) in [6.07, 6.45) is 7.35. The molecule has 0 bridgehead atoms. The number of carbonyl (C=O) groups excluding carboxylic acids is 2. The molecule has 0 radical (unpaired) electrons. The van der Waals surface area contributed by atoms with Crippen molar-refractivity contribution in [2.75, 3.05) is 29.4 Å². The summed E-state index contributed by atoms with van der Waals surface area (Å²) < 4.78 is 0. The third-order valence-electron chi connectivity index (χ3n) is 6.51. The number of amides is 2. The Morgan fingerprint density at radius 3 is 2.30 bits per heavy atom. The fraction of sp³-hybridized carbons (Fsp3) is 0.636. The van der Waals surface area contributed by atoms with Crippen LogP contribution in [0.4, 0.5) is 11.4 Å². The van der Waals surface area contributed by atoms with Gasteiger partial charge in [-0.05, 0) is 55.9 Å². The lowest BCUT2D eigenvalue weighted by atomic mass is 9.99. The molecular formula is C22H31N3O2. The minimum atomic E-state index is -0.221. The fourth-order valence-electron chi connectivity index (χ4n) is 4.63. The largest absolute Gasteiger partial charge is 0.372 e. The Labute approximate surface area is 162 Å². The zero-order chi connectivity index (χ0) is 18.8. The predicted molar refractivity (Wildman–Crippen MR) is 108 cm³/mol. The van der Waals surface area contributed by atoms with Crippen LogP contribution in [0.25, 0.3) is 0 Å². The summed E-state index contributed by atoms with van der Waals surface area (Å²) >= 11 is 0. The van der Waals surface area contributed by atoms with E-state index in [2.05, 4.69) is 29.3 Å². The number of rotatable bonds is 4. The molecule has 2 aliphatic heterocycles. The molecule has 1 atom stereocenters. The zero-order valence-electron chi connectivity index (χ0n) is 16.3. The number of hydrogen-bond acceptors (Lipinski definition) is 3. The minimum Gasteiger partial charge on any atom is -0.372 e. The summed E-state index contributed by atoms with van der Waals surface area (Å²) in [6, 6.07) is 8.60. The van der Waals surface area contributed by atoms with E-state index in [-0.39, 0.29) is 17.7 Å². The Bertz CT molecular complexity index is 673. The topological polar surface area (TPSA) is 52.6 Å². The van der Waals surface area contributed by atoms with Gasteiger partial charge in [0.25, 0.3) is 0 Å². The molecule has 1 saturated carbocycles. The Morgan fingerprint density at radius 1 is 1.00 bits per heavy atom. The number of benzene rings is 1. The van der Waals surface area contributed by atoms with E-state index in [1.807, 2.05) is 12.1 Å². The Morgan fingerprint density at radius 2 is 1.63 bits per heavy atom. The van der Waals surface area contributed by atoms with Crippen molar-refractivity contribution in [3.8, 4) is 0 Å². The third-order valence-corrected chi connectivity index (χ3v) is 6.51. The first-order chi connectivity index (χ1) is 13.1. The van der Waals surface area contributed by atoms with Crippen LogP contribution in [0.15, 0.2) is 24.3 Å². The zero-order valence-corrected chi connectivity index (χ0v) is 16.3. The molecule has 1 unspecified atom stereocenters. The number of nitrogens with zero attached hydrogens (tertiary/aromatic N) is 2. The summed E-state index contributed by atoms with van der Waals surface area (Å²) in [5.41, 5.74) is 2.14. The van der Waals surface area contributed by atoms with Crippen molar-refractivity contribution in [3.63, 3.8) is 0 Å². The van der Waals surface area contributed by atoms with Gasteiger partial charge in [-0.15, -0.1) is 0 Å². The number of hydrogen-bond donors (Lipinski definition) is 1. The van der Waals surface area contributed by atoms with E-state index in [0.29, 0.717) is 19.0 Å². The lowest BCUT2D eigenvalue weighted by molar-refractivity contribution is -0.126. The van der Waals surface area contributed by atoms with E-state index in [9.17, 15) is 9.59 Å². The minimum absolute atomic E-state index is 0.0526. The van der Waals surface area contributed by atoms with Gasteiger partial charge in [-0.1, -0.05) is 19.8 Å². The van der Waals surface area contributed by atoms with Gasteiger partial charge >= 0.3 is 0 Å². The summed E-state index contributed by atoms with van der Waals surface area (Å²) in [6.45, 7) is 5.02. The van der Waals surface area contributed by atoms with E-state index in [0.717, 1.165) is 37.5 Å². The van der Waals surface area contributed by atoms with Gasteiger partial charge in [-0.25, -0.2) is 0 Å². The highest BCUT2D eigenvalue weighted by molar-refractivity contribution is 6.00. The maximum Gasteiger partial charge on any atom is 0.227 e. The second-order valence-corrected chi connectivity index (χ2v) is 8.58. The Balaban J connectivity index is 1.36. The quantitative estimate of drug-likeness (QED) is 0.886. The Hall–Kier alpha value is -2.04. The van der Waals surface area contributed by atoms with Gasteiger partial charge < -0.3 is 15.1 Å². The van der Waals surface area contributed by atoms with Crippen LogP contribution in [0.2, 0.25) is 0 Å². The number of nitrogens with one attached hydrogen (secondary N) is 1. The molecule has 0 aromatic heterocycles. The van der Waals surface area contributed by atoms with Crippen molar-refractivity contribution in [1.82, 2.24) is 5.32 Å². The summed E-state index contributed by atoms with van der Waals surface area (Å²) in [5.74, 6) is 0.703. The van der Waals surface area contributed by atoms with Crippen molar-refractivity contribution in [2.45, 2.75) is 57.9 Å². The molecule has 5 heteroatoms. The standard InChI is InChI=1S/C22H31N3O2/c1-16-10-12-24(13-11-16)19-6-8-20(9-7-19)25-15-17(14-21(25)26)22(27)23-18-4-2-3-5-18/h6-9,16-18H,2-5,10-15H2,1H3,(H,23,27). The van der Waals surface area contributed by atoms with Crippen LogP contribution in [0.3, 0.4) is 0 Å². The van der Waals surface area contributed by atoms with Crippen LogP contribution in [-0.2, 0) is 9.59 Å². The highest BCUT2D eigenvalue weighted by atomic mass is 16.2. The fourth-order valence-corrected chi connectivity index (χ4v) is 4.63. The lowest BCUT2D eigenvalue weighted by Gasteiger charge is -2.32. The molecule has 1 aromatic carbocycles. The van der Waals surface area contributed by atoms with Gasteiger partial charge in [0.15, 0.2) is 0 Å². The van der Waals surface area contributed by atoms with Crippen LogP contribution in [-0.4, -0.2) is 37.5 Å². The summed E-state index contributed by atoms with van der Waals surface area (Å²) in [4.78, 5) is 29.2. The molecule has 27 heavy (non-hydrogen) atoms. The van der Waals surface area contributed by atoms with E-state index >= 15 is 0 Å². The van der Waals surface area contributed by atoms with Crippen molar-refractivity contribution in [1.29, 1.82) is 0 Å². The highest BCUT2D eigenvalue weighted by Gasteiger charge is 2.36. The van der Waals surface area contributed by atoms with Crippen molar-refractivity contribution in [2.24, 2.45) is 11.8 Å². The molecule has 2 saturated heterocycles. The van der Waals surface area contributed by atoms with Gasteiger partial charge in [0.1, 0.15) is 0 Å². The summed E-state index contributed by atoms with van der Waals surface area (Å²) in [5, 5.41) is 3.14. The first-order valence-electron chi connectivity index (χ1n) is 10.6. The molecule has 4 rings (SSSR count). The van der Waals surface area contributed by atoms with Gasteiger partial charge in [0.05, 0.1) is 5.92 Å². The van der Waals surface area contributed by atoms with E-state index in [1.165, 1.54) is 31.4 Å². The molecule has 2 heterocycles. The SMILES string of the molecule is CC1CCN(c2ccc(N3CC(C(=O)NC4CCCC4)CC3=O)cc2)CC1. The second-order valence-electron chi connectivity index (χ2n) is 8.58. The monoisotopic (exact) mass is 369 g/mol. The highest BCUT2D eigenvalue weighted by Crippen LogP contribution is 2.29. The number of piperidine rings is 1. The van der Waals surface area contributed by atoms with Gasteiger partial charge in [-0.2, -0.15) is 0 Å². The molecule has 1 aromatic rings. The second kappa shape index (κ2) is 7.91. The molecule has 0 spiro atoms. The Kier molecular flexibility index (Phi) is 5.37. The molecule has 2 amide bonds. The van der Waals surface area contributed by atoms with Crippen LogP contribution in [0.1, 0.15) is 51.9 Å². The molecule has 1 aliphatic carbocycles. The first kappa shape index (κ1) is 18.3. The number of anilines is 2. The molecule has 3 fully saturated rings.